The van der Waals surface area contributed by atoms with E-state index in [1.807, 2.05) is 0 Å². The lowest BCUT2D eigenvalue weighted by Crippen LogP contribution is -2.54. The summed E-state index contributed by atoms with van der Waals surface area (Å²) in [5.41, 5.74) is 13.3. The van der Waals surface area contributed by atoms with Crippen molar-refractivity contribution in [3.63, 3.8) is 0 Å². The van der Waals surface area contributed by atoms with E-state index in [-0.39, 0.29) is 30.1 Å². The maximum atomic E-state index is 13.0. The Morgan fingerprint density at radius 2 is 1.50 bits per heavy atom. The second kappa shape index (κ2) is 11.3. The summed E-state index contributed by atoms with van der Waals surface area (Å²) in [4.78, 5) is 13.0. The number of hydrogen-bond acceptors (Lipinski definition) is 4. The molecule has 4 heteroatoms. The average Bonchev–Trinajstić information content (AvgIpc) is 3.20. The molecule has 0 radical (unpaired) electrons. The number of hydrogen-bond donors (Lipinski definition) is 2. The predicted octanol–water partition coefficient (Wildman–Crippen LogP) is 7.47. The van der Waals surface area contributed by atoms with E-state index in [1.165, 1.54) is 64.2 Å². The Balaban J connectivity index is 1.19. The highest BCUT2D eigenvalue weighted by atomic mass is 16.5. The summed E-state index contributed by atoms with van der Waals surface area (Å²) < 4.78 is 6.18. The summed E-state index contributed by atoms with van der Waals surface area (Å²) in [6, 6.07) is 0.0767. The lowest BCUT2D eigenvalue weighted by molar-refractivity contribution is -0.168. The van der Waals surface area contributed by atoms with Crippen molar-refractivity contribution in [2.24, 2.45) is 69.6 Å². The third kappa shape index (κ3) is 5.48. The van der Waals surface area contributed by atoms with Crippen molar-refractivity contribution < 1.29 is 9.53 Å². The third-order valence-electron chi connectivity index (χ3n) is 13.2. The van der Waals surface area contributed by atoms with Crippen molar-refractivity contribution in [2.75, 3.05) is 0 Å². The van der Waals surface area contributed by atoms with Gasteiger partial charge in [-0.3, -0.25) is 4.79 Å². The highest BCUT2D eigenvalue weighted by molar-refractivity contribution is 5.73. The Kier molecular flexibility index (Phi) is 8.63. The molecule has 11 unspecified atom stereocenters. The zero-order chi connectivity index (χ0) is 27.2. The summed E-state index contributed by atoms with van der Waals surface area (Å²) in [5.74, 6) is 5.97. The number of rotatable bonds is 7. The molecule has 0 heterocycles. The van der Waals surface area contributed by atoms with Gasteiger partial charge in [-0.25, -0.2) is 0 Å². The molecule has 5 fully saturated rings. The van der Waals surface area contributed by atoms with Crippen molar-refractivity contribution in [1.29, 1.82) is 0 Å². The van der Waals surface area contributed by atoms with Crippen LogP contribution in [-0.4, -0.2) is 24.2 Å². The van der Waals surface area contributed by atoms with Crippen LogP contribution < -0.4 is 11.5 Å². The summed E-state index contributed by atoms with van der Waals surface area (Å²) in [6.45, 7) is 12.7. The molecule has 4 N–H and O–H groups in total. The fourth-order valence-electron chi connectivity index (χ4n) is 11.2. The van der Waals surface area contributed by atoms with Gasteiger partial charge in [0.15, 0.2) is 0 Å². The van der Waals surface area contributed by atoms with Gasteiger partial charge in [-0.05, 0) is 129 Å². The molecular formula is C34H60N2O2. The van der Waals surface area contributed by atoms with E-state index in [4.69, 9.17) is 16.2 Å². The summed E-state index contributed by atoms with van der Waals surface area (Å²) in [5, 5.41) is 0. The Bertz CT molecular complexity index is 819. The molecule has 11 atom stereocenters. The highest BCUT2D eigenvalue weighted by Crippen LogP contribution is 2.68. The molecule has 5 saturated carbocycles. The number of ether oxygens (including phenoxy) is 1. The van der Waals surface area contributed by atoms with Gasteiger partial charge in [0.2, 0.25) is 0 Å². The fourth-order valence-corrected chi connectivity index (χ4v) is 11.2. The van der Waals surface area contributed by atoms with Gasteiger partial charge in [-0.15, -0.1) is 0 Å². The van der Waals surface area contributed by atoms with E-state index < -0.39 is 0 Å². The van der Waals surface area contributed by atoms with Crippen molar-refractivity contribution in [1.82, 2.24) is 0 Å². The van der Waals surface area contributed by atoms with Gasteiger partial charge in [-0.2, -0.15) is 0 Å². The minimum atomic E-state index is -0.100. The molecule has 0 aromatic rings. The quantitative estimate of drug-likeness (QED) is 0.336. The SMILES string of the molecule is CC(C)CCCC(C)C1CCC2C3CCC4CC(OC(=O)C5CC(N)CC(N)C5)CCC4(C)C3CCC12C. The van der Waals surface area contributed by atoms with Crippen LogP contribution in [0.1, 0.15) is 131 Å². The first-order valence-electron chi connectivity index (χ1n) is 16.7. The Morgan fingerprint density at radius 1 is 0.816 bits per heavy atom. The van der Waals surface area contributed by atoms with E-state index in [0.717, 1.165) is 67.6 Å². The smallest absolute Gasteiger partial charge is 0.309 e. The van der Waals surface area contributed by atoms with Crippen LogP contribution in [0.5, 0.6) is 0 Å². The molecule has 5 rings (SSSR count). The van der Waals surface area contributed by atoms with E-state index in [1.54, 1.807) is 0 Å². The minimum absolute atomic E-state index is 0.0224. The number of fused-ring (bicyclic) bond motifs is 5. The lowest BCUT2D eigenvalue weighted by Gasteiger charge is -2.61. The average molecular weight is 529 g/mol. The van der Waals surface area contributed by atoms with Crippen LogP contribution >= 0.6 is 0 Å². The topological polar surface area (TPSA) is 78.3 Å². The first-order chi connectivity index (χ1) is 18.0. The van der Waals surface area contributed by atoms with Crippen molar-refractivity contribution in [3.05, 3.63) is 0 Å². The summed E-state index contributed by atoms with van der Waals surface area (Å²) >= 11 is 0. The molecule has 0 amide bonds. The van der Waals surface area contributed by atoms with E-state index in [0.29, 0.717) is 16.7 Å². The van der Waals surface area contributed by atoms with Gasteiger partial charge >= 0.3 is 5.97 Å². The van der Waals surface area contributed by atoms with Gasteiger partial charge in [-0.1, -0.05) is 53.9 Å². The third-order valence-corrected chi connectivity index (χ3v) is 13.2. The number of carbonyl (C=O) groups excluding carboxylic acids is 1. The Hall–Kier alpha value is -0.610. The summed E-state index contributed by atoms with van der Waals surface area (Å²) in [7, 11) is 0. The highest BCUT2D eigenvalue weighted by Gasteiger charge is 2.60. The molecule has 218 valence electrons. The van der Waals surface area contributed by atoms with Crippen LogP contribution in [0.25, 0.3) is 0 Å². The molecule has 0 bridgehead atoms. The molecule has 0 spiro atoms. The number of esters is 1. The van der Waals surface area contributed by atoms with Crippen LogP contribution in [0.4, 0.5) is 0 Å². The molecule has 38 heavy (non-hydrogen) atoms. The maximum absolute atomic E-state index is 13.0. The lowest BCUT2D eigenvalue weighted by atomic mass is 9.44. The second-order valence-electron chi connectivity index (χ2n) is 15.9. The molecule has 0 aromatic heterocycles. The Morgan fingerprint density at radius 3 is 2.21 bits per heavy atom. The normalized spacial score (nSPS) is 47.6. The molecule has 0 aromatic carbocycles. The summed E-state index contributed by atoms with van der Waals surface area (Å²) in [6.07, 6.45) is 18.6. The molecule has 4 nitrogen and oxygen atoms in total. The molecule has 0 saturated heterocycles. The molecular weight excluding hydrogens is 468 g/mol. The molecule has 5 aliphatic rings. The van der Waals surface area contributed by atoms with Gasteiger partial charge in [0.25, 0.3) is 0 Å². The zero-order valence-corrected chi connectivity index (χ0v) is 25.4. The molecule has 0 aliphatic heterocycles. The minimum Gasteiger partial charge on any atom is -0.462 e. The van der Waals surface area contributed by atoms with Crippen molar-refractivity contribution in [2.45, 2.75) is 149 Å². The molecule has 5 aliphatic carbocycles. The van der Waals surface area contributed by atoms with E-state index in [9.17, 15) is 4.79 Å². The first kappa shape index (κ1) is 28.9. The van der Waals surface area contributed by atoms with Crippen LogP contribution in [0.3, 0.4) is 0 Å². The maximum Gasteiger partial charge on any atom is 0.309 e. The van der Waals surface area contributed by atoms with Crippen LogP contribution in [0, 0.1) is 58.2 Å². The van der Waals surface area contributed by atoms with Crippen molar-refractivity contribution >= 4 is 5.97 Å². The van der Waals surface area contributed by atoms with E-state index in [2.05, 4.69) is 34.6 Å². The number of nitrogens with two attached hydrogens (primary N) is 2. The largest absolute Gasteiger partial charge is 0.462 e. The first-order valence-corrected chi connectivity index (χ1v) is 16.7. The number of carbonyl (C=O) groups is 1. The second-order valence-corrected chi connectivity index (χ2v) is 15.9. The zero-order valence-electron chi connectivity index (χ0n) is 25.4. The van der Waals surface area contributed by atoms with Crippen LogP contribution in [-0.2, 0) is 9.53 Å². The standard InChI is InChI=1S/C34H60N2O2/c1-21(2)7-6-8-22(3)29-11-12-30-28-10-9-24-19-27(38-32(37)23-17-25(35)20-26(36)18-23)13-15-33(24,4)31(28)14-16-34(29,30)5/h21-31H,6-20,35-36H2,1-5H3. The van der Waals surface area contributed by atoms with Crippen molar-refractivity contribution in [3.8, 4) is 0 Å². The van der Waals surface area contributed by atoms with Crippen LogP contribution in [0.2, 0.25) is 0 Å². The van der Waals surface area contributed by atoms with E-state index >= 15 is 0 Å². The fraction of sp³-hybridized carbons (Fsp3) is 0.971. The van der Waals surface area contributed by atoms with Gasteiger partial charge in [0.05, 0.1) is 5.92 Å². The Labute approximate surface area is 234 Å². The van der Waals surface area contributed by atoms with Gasteiger partial charge < -0.3 is 16.2 Å². The van der Waals surface area contributed by atoms with Gasteiger partial charge in [0.1, 0.15) is 6.10 Å². The monoisotopic (exact) mass is 528 g/mol. The van der Waals surface area contributed by atoms with Gasteiger partial charge in [0, 0.05) is 12.1 Å². The predicted molar refractivity (Wildman–Crippen MR) is 156 cm³/mol. The van der Waals surface area contributed by atoms with Crippen LogP contribution in [0.15, 0.2) is 0 Å².